The zero-order chi connectivity index (χ0) is 15.8. The van der Waals surface area contributed by atoms with Crippen molar-refractivity contribution in [1.29, 1.82) is 0 Å². The number of aromatic nitrogens is 1. The molecule has 4 nitrogen and oxygen atoms in total. The third-order valence-electron chi connectivity index (χ3n) is 4.07. The fourth-order valence-electron chi connectivity index (χ4n) is 2.69. The first-order valence-corrected chi connectivity index (χ1v) is 9.31. The average molecular weight is 343 g/mol. The minimum atomic E-state index is 0.0729. The van der Waals surface area contributed by atoms with Gasteiger partial charge in [-0.05, 0) is 36.1 Å². The molecule has 0 radical (unpaired) electrons. The minimum Gasteiger partial charge on any atom is -0.351 e. The molecule has 23 heavy (non-hydrogen) atoms. The van der Waals surface area contributed by atoms with Crippen LogP contribution in [-0.2, 0) is 11.3 Å². The molecule has 6 heteroatoms. The lowest BCUT2D eigenvalue weighted by molar-refractivity contribution is -0.125. The molecule has 0 unspecified atom stereocenters. The number of hydrogen-bond donors (Lipinski definition) is 1. The van der Waals surface area contributed by atoms with Gasteiger partial charge >= 0.3 is 0 Å². The highest BCUT2D eigenvalue weighted by Gasteiger charge is 2.34. The van der Waals surface area contributed by atoms with Crippen molar-refractivity contribution in [2.24, 2.45) is 5.92 Å². The summed E-state index contributed by atoms with van der Waals surface area (Å²) in [6.45, 7) is 4.24. The molecule has 0 bridgehead atoms. The number of nitrogens with one attached hydrogen (secondary N) is 1. The molecule has 1 amide bonds. The van der Waals surface area contributed by atoms with Crippen LogP contribution in [0.5, 0.6) is 0 Å². The molecule has 0 aliphatic carbocycles. The number of thiophene rings is 1. The number of amides is 1. The van der Waals surface area contributed by atoms with Gasteiger partial charge in [0.15, 0.2) is 5.13 Å². The molecular weight excluding hydrogens is 326 g/mol. The summed E-state index contributed by atoms with van der Waals surface area (Å²) >= 11 is 3.37. The van der Waals surface area contributed by atoms with Gasteiger partial charge < -0.3 is 10.2 Å². The van der Waals surface area contributed by atoms with E-state index in [1.165, 1.54) is 15.1 Å². The Bertz CT molecular complexity index is 835. The van der Waals surface area contributed by atoms with E-state index in [2.05, 4.69) is 40.3 Å². The van der Waals surface area contributed by atoms with Gasteiger partial charge in [-0.15, -0.1) is 11.3 Å². The summed E-state index contributed by atoms with van der Waals surface area (Å²) in [4.78, 5) is 20.2. The second-order valence-corrected chi connectivity index (χ2v) is 7.91. The quantitative estimate of drug-likeness (QED) is 0.789. The lowest BCUT2D eigenvalue weighted by atomic mass is 10.0. The van der Waals surface area contributed by atoms with E-state index in [1.807, 2.05) is 17.5 Å². The van der Waals surface area contributed by atoms with E-state index in [0.29, 0.717) is 6.54 Å². The van der Waals surface area contributed by atoms with Crippen LogP contribution in [0.25, 0.3) is 10.2 Å². The van der Waals surface area contributed by atoms with Gasteiger partial charge in [-0.25, -0.2) is 4.98 Å². The van der Waals surface area contributed by atoms with Crippen LogP contribution < -0.4 is 10.2 Å². The Labute approximate surface area is 142 Å². The molecule has 1 fully saturated rings. The molecule has 118 valence electrons. The number of carbonyl (C=O) groups is 1. The average Bonchev–Trinajstić information content (AvgIpc) is 3.12. The Morgan fingerprint density at radius 1 is 1.39 bits per heavy atom. The van der Waals surface area contributed by atoms with Crippen molar-refractivity contribution in [2.75, 3.05) is 18.0 Å². The normalized spacial score (nSPS) is 14.9. The molecular formula is C17H17N3OS2. The molecule has 4 rings (SSSR count). The maximum atomic E-state index is 12.2. The van der Waals surface area contributed by atoms with Crippen LogP contribution in [0.2, 0.25) is 0 Å². The number of carbonyl (C=O) groups excluding carboxylic acids is 1. The summed E-state index contributed by atoms with van der Waals surface area (Å²) in [5, 5.41) is 6.07. The minimum absolute atomic E-state index is 0.0729. The molecule has 1 aliphatic heterocycles. The number of anilines is 1. The second kappa shape index (κ2) is 5.94. The summed E-state index contributed by atoms with van der Waals surface area (Å²) in [5.74, 6) is 0.218. The number of hydrogen-bond acceptors (Lipinski definition) is 5. The van der Waals surface area contributed by atoms with Crippen molar-refractivity contribution in [1.82, 2.24) is 10.3 Å². The third-order valence-corrected chi connectivity index (χ3v) is 6.03. The number of benzene rings is 1. The maximum absolute atomic E-state index is 12.2. The standard InChI is InChI=1S/C17H17N3OS2/c1-11-4-5-14-15(7-11)23-17(19-14)20-9-12(10-20)16(21)18-8-13-3-2-6-22-13/h2-7,12H,8-10H2,1H3,(H,18,21). The zero-order valence-electron chi connectivity index (χ0n) is 12.8. The number of fused-ring (bicyclic) bond motifs is 1. The van der Waals surface area contributed by atoms with Crippen LogP contribution in [0.15, 0.2) is 35.7 Å². The van der Waals surface area contributed by atoms with E-state index in [1.54, 1.807) is 22.7 Å². The van der Waals surface area contributed by atoms with Crippen LogP contribution >= 0.6 is 22.7 Å². The highest BCUT2D eigenvalue weighted by Crippen LogP contribution is 2.33. The Morgan fingerprint density at radius 2 is 2.26 bits per heavy atom. The van der Waals surface area contributed by atoms with Gasteiger partial charge in [0.2, 0.25) is 5.91 Å². The topological polar surface area (TPSA) is 45.2 Å². The molecule has 1 aromatic carbocycles. The highest BCUT2D eigenvalue weighted by molar-refractivity contribution is 7.22. The van der Waals surface area contributed by atoms with Crippen molar-refractivity contribution < 1.29 is 4.79 Å². The number of nitrogens with zero attached hydrogens (tertiary/aromatic N) is 2. The van der Waals surface area contributed by atoms with Gasteiger partial charge in [0.25, 0.3) is 0 Å². The molecule has 3 heterocycles. The first kappa shape index (κ1) is 14.7. The summed E-state index contributed by atoms with van der Waals surface area (Å²) in [5.41, 5.74) is 2.29. The van der Waals surface area contributed by atoms with Crippen molar-refractivity contribution >= 4 is 43.9 Å². The molecule has 1 aliphatic rings. The summed E-state index contributed by atoms with van der Waals surface area (Å²) in [7, 11) is 0. The smallest absolute Gasteiger partial charge is 0.226 e. The number of thiazole rings is 1. The van der Waals surface area contributed by atoms with Gasteiger partial charge in [0.05, 0.1) is 22.7 Å². The molecule has 1 saturated heterocycles. The van der Waals surface area contributed by atoms with Crippen molar-refractivity contribution in [2.45, 2.75) is 13.5 Å². The van der Waals surface area contributed by atoms with Crippen molar-refractivity contribution in [3.05, 3.63) is 46.2 Å². The Balaban J connectivity index is 1.35. The molecule has 2 aromatic heterocycles. The van der Waals surface area contributed by atoms with E-state index < -0.39 is 0 Å². The fourth-order valence-corrected chi connectivity index (χ4v) is 4.41. The highest BCUT2D eigenvalue weighted by atomic mass is 32.1. The van der Waals surface area contributed by atoms with E-state index in [-0.39, 0.29) is 11.8 Å². The van der Waals surface area contributed by atoms with Gasteiger partial charge in [-0.3, -0.25) is 4.79 Å². The molecule has 0 atom stereocenters. The van der Waals surface area contributed by atoms with Crippen molar-refractivity contribution in [3.8, 4) is 0 Å². The lowest BCUT2D eigenvalue weighted by Crippen LogP contribution is -2.53. The summed E-state index contributed by atoms with van der Waals surface area (Å²) in [6.07, 6.45) is 0. The largest absolute Gasteiger partial charge is 0.351 e. The zero-order valence-corrected chi connectivity index (χ0v) is 14.4. The van der Waals surface area contributed by atoms with Gasteiger partial charge in [0.1, 0.15) is 0 Å². The van der Waals surface area contributed by atoms with Crippen LogP contribution in [-0.4, -0.2) is 24.0 Å². The van der Waals surface area contributed by atoms with Gasteiger partial charge in [-0.1, -0.05) is 23.5 Å². The lowest BCUT2D eigenvalue weighted by Gasteiger charge is -2.37. The number of aryl methyl sites for hydroxylation is 1. The SMILES string of the molecule is Cc1ccc2nc(N3CC(C(=O)NCc4cccs4)C3)sc2c1. The number of rotatable bonds is 4. The van der Waals surface area contributed by atoms with Crippen LogP contribution in [0, 0.1) is 12.8 Å². The summed E-state index contributed by atoms with van der Waals surface area (Å²) < 4.78 is 1.21. The van der Waals surface area contributed by atoms with Crippen LogP contribution in [0.4, 0.5) is 5.13 Å². The fraction of sp³-hybridized carbons (Fsp3) is 0.294. The molecule has 0 saturated carbocycles. The molecule has 1 N–H and O–H groups in total. The first-order valence-electron chi connectivity index (χ1n) is 7.61. The summed E-state index contributed by atoms with van der Waals surface area (Å²) in [6, 6.07) is 10.4. The van der Waals surface area contributed by atoms with Crippen LogP contribution in [0.1, 0.15) is 10.4 Å². The van der Waals surface area contributed by atoms with Gasteiger partial charge in [0, 0.05) is 18.0 Å². The Hall–Kier alpha value is -1.92. The van der Waals surface area contributed by atoms with E-state index in [4.69, 9.17) is 0 Å². The predicted octanol–water partition coefficient (Wildman–Crippen LogP) is 3.42. The van der Waals surface area contributed by atoms with Crippen molar-refractivity contribution in [3.63, 3.8) is 0 Å². The monoisotopic (exact) mass is 343 g/mol. The third kappa shape index (κ3) is 2.96. The Kier molecular flexibility index (Phi) is 3.79. The maximum Gasteiger partial charge on any atom is 0.226 e. The second-order valence-electron chi connectivity index (χ2n) is 5.87. The van der Waals surface area contributed by atoms with Gasteiger partial charge in [-0.2, -0.15) is 0 Å². The molecule has 3 aromatic rings. The van der Waals surface area contributed by atoms with Crippen LogP contribution in [0.3, 0.4) is 0 Å². The predicted molar refractivity (Wildman–Crippen MR) is 96.2 cm³/mol. The first-order chi connectivity index (χ1) is 11.2. The molecule has 0 spiro atoms. The van der Waals surface area contributed by atoms with E-state index >= 15 is 0 Å². The van der Waals surface area contributed by atoms with E-state index in [0.717, 1.165) is 23.7 Å². The van der Waals surface area contributed by atoms with E-state index in [9.17, 15) is 4.79 Å². The Morgan fingerprint density at radius 3 is 3.04 bits per heavy atom.